The minimum atomic E-state index is 0.143. The van der Waals surface area contributed by atoms with E-state index in [9.17, 15) is 0 Å². The lowest BCUT2D eigenvalue weighted by atomic mass is 10.3. The van der Waals surface area contributed by atoms with Crippen LogP contribution >= 0.6 is 0 Å². The summed E-state index contributed by atoms with van der Waals surface area (Å²) in [6, 6.07) is 0.303. The van der Waals surface area contributed by atoms with Crippen molar-refractivity contribution in [2.45, 2.75) is 26.4 Å². The highest BCUT2D eigenvalue weighted by Gasteiger charge is 2.11. The average molecular weight is 224 g/mol. The van der Waals surface area contributed by atoms with Crippen LogP contribution in [0.25, 0.3) is 0 Å². The zero-order chi connectivity index (χ0) is 12.0. The number of aliphatic hydroxyl groups is 1. The van der Waals surface area contributed by atoms with Gasteiger partial charge in [0.15, 0.2) is 0 Å². The molecule has 0 fully saturated rings. The maximum atomic E-state index is 8.95. The second-order valence-corrected chi connectivity index (χ2v) is 3.96. The third-order valence-electron chi connectivity index (χ3n) is 2.30. The highest BCUT2D eigenvalue weighted by atomic mass is 16.3. The van der Waals surface area contributed by atoms with E-state index in [-0.39, 0.29) is 6.61 Å². The second kappa shape index (κ2) is 6.40. The Morgan fingerprint density at radius 2 is 2.38 bits per heavy atom. The molecule has 0 saturated carbocycles. The molecule has 0 saturated heterocycles. The van der Waals surface area contributed by atoms with Crippen molar-refractivity contribution in [1.29, 1.82) is 0 Å². The van der Waals surface area contributed by atoms with Crippen LogP contribution in [0.5, 0.6) is 0 Å². The Labute approximate surface area is 96.4 Å². The number of rotatable bonds is 7. The van der Waals surface area contributed by atoms with Gasteiger partial charge in [-0.3, -0.25) is 4.90 Å². The maximum Gasteiger partial charge on any atom is 0.141 e. The number of hydrogen-bond acceptors (Lipinski definition) is 4. The number of hydrogen-bond donors (Lipinski definition) is 1. The van der Waals surface area contributed by atoms with E-state index in [4.69, 9.17) is 5.11 Å². The van der Waals surface area contributed by atoms with Crippen molar-refractivity contribution in [3.05, 3.63) is 24.8 Å². The molecule has 1 aromatic rings. The summed E-state index contributed by atoms with van der Waals surface area (Å²) in [4.78, 5) is 6.32. The Balaban J connectivity index is 2.68. The Kier molecular flexibility index (Phi) is 5.14. The molecule has 0 amide bonds. The molecule has 0 bridgehead atoms. The van der Waals surface area contributed by atoms with Gasteiger partial charge in [0, 0.05) is 19.1 Å². The Bertz CT molecular complexity index is 322. The summed E-state index contributed by atoms with van der Waals surface area (Å²) < 4.78 is 1.90. The van der Waals surface area contributed by atoms with Crippen LogP contribution < -0.4 is 0 Å². The van der Waals surface area contributed by atoms with Gasteiger partial charge in [-0.15, -0.1) is 6.58 Å². The number of aromatic nitrogens is 3. The van der Waals surface area contributed by atoms with E-state index in [0.717, 1.165) is 12.4 Å². The molecule has 0 unspecified atom stereocenters. The third kappa shape index (κ3) is 3.43. The third-order valence-corrected chi connectivity index (χ3v) is 2.30. The van der Waals surface area contributed by atoms with Crippen LogP contribution in [0.3, 0.4) is 0 Å². The van der Waals surface area contributed by atoms with Gasteiger partial charge in [-0.05, 0) is 13.8 Å². The van der Waals surface area contributed by atoms with Crippen LogP contribution in [-0.2, 0) is 6.54 Å². The van der Waals surface area contributed by atoms with Gasteiger partial charge in [0.1, 0.15) is 12.2 Å². The summed E-state index contributed by atoms with van der Waals surface area (Å²) in [6.07, 6.45) is 3.39. The molecule has 5 heteroatoms. The monoisotopic (exact) mass is 224 g/mol. The summed E-state index contributed by atoms with van der Waals surface area (Å²) in [5.41, 5.74) is 0. The molecule has 1 heterocycles. The molecule has 0 atom stereocenters. The van der Waals surface area contributed by atoms with Crippen molar-refractivity contribution < 1.29 is 5.11 Å². The fraction of sp³-hybridized carbons (Fsp3) is 0.636. The van der Waals surface area contributed by atoms with E-state index < -0.39 is 0 Å². The largest absolute Gasteiger partial charge is 0.395 e. The molecule has 5 nitrogen and oxygen atoms in total. The maximum absolute atomic E-state index is 8.95. The van der Waals surface area contributed by atoms with E-state index in [1.165, 1.54) is 0 Å². The summed E-state index contributed by atoms with van der Waals surface area (Å²) in [6.45, 7) is 10.0. The van der Waals surface area contributed by atoms with Crippen LogP contribution in [0.15, 0.2) is 19.0 Å². The van der Waals surface area contributed by atoms with Crippen LogP contribution in [0, 0.1) is 0 Å². The predicted octanol–water partition coefficient (Wildman–Crippen LogP) is 0.839. The van der Waals surface area contributed by atoms with Gasteiger partial charge in [-0.1, -0.05) is 6.08 Å². The minimum absolute atomic E-state index is 0.143. The van der Waals surface area contributed by atoms with Crippen molar-refractivity contribution in [2.75, 3.05) is 19.7 Å². The van der Waals surface area contributed by atoms with Crippen LogP contribution in [0.1, 0.15) is 25.7 Å². The zero-order valence-electron chi connectivity index (χ0n) is 10.0. The molecule has 0 aliphatic carbocycles. The fourth-order valence-electron chi connectivity index (χ4n) is 1.58. The Morgan fingerprint density at radius 3 is 2.94 bits per heavy atom. The van der Waals surface area contributed by atoms with Gasteiger partial charge in [0.05, 0.1) is 13.2 Å². The van der Waals surface area contributed by atoms with Crippen molar-refractivity contribution in [3.8, 4) is 0 Å². The summed E-state index contributed by atoms with van der Waals surface area (Å²) in [5.74, 6) is 0.922. The molecule has 0 aliphatic heterocycles. The van der Waals surface area contributed by atoms with Gasteiger partial charge in [-0.25, -0.2) is 9.67 Å². The van der Waals surface area contributed by atoms with Gasteiger partial charge < -0.3 is 5.11 Å². The lowest BCUT2D eigenvalue weighted by Gasteiger charge is -2.19. The van der Waals surface area contributed by atoms with Gasteiger partial charge in [0.2, 0.25) is 0 Å². The quantitative estimate of drug-likeness (QED) is 0.697. The van der Waals surface area contributed by atoms with Gasteiger partial charge in [0.25, 0.3) is 0 Å². The highest BCUT2D eigenvalue weighted by Crippen LogP contribution is 2.07. The van der Waals surface area contributed by atoms with Gasteiger partial charge in [-0.2, -0.15) is 5.10 Å². The predicted molar refractivity (Wildman–Crippen MR) is 63.0 cm³/mol. The van der Waals surface area contributed by atoms with E-state index in [0.29, 0.717) is 19.1 Å². The van der Waals surface area contributed by atoms with Crippen LogP contribution in [0.4, 0.5) is 0 Å². The molecule has 0 aromatic carbocycles. The van der Waals surface area contributed by atoms with Crippen molar-refractivity contribution >= 4 is 0 Å². The molecule has 0 radical (unpaired) electrons. The van der Waals surface area contributed by atoms with Crippen molar-refractivity contribution in [1.82, 2.24) is 19.7 Å². The number of aliphatic hydroxyl groups excluding tert-OH is 1. The lowest BCUT2D eigenvalue weighted by Crippen LogP contribution is -2.28. The molecule has 90 valence electrons. The number of nitrogens with zero attached hydrogens (tertiary/aromatic N) is 4. The first-order valence-corrected chi connectivity index (χ1v) is 5.51. The smallest absolute Gasteiger partial charge is 0.141 e. The Morgan fingerprint density at radius 1 is 1.62 bits per heavy atom. The molecule has 0 spiro atoms. The van der Waals surface area contributed by atoms with Crippen molar-refractivity contribution in [3.63, 3.8) is 0 Å². The SMILES string of the molecule is C=CCN(CCO)Cc1ncnn1C(C)C. The summed E-state index contributed by atoms with van der Waals surface area (Å²) >= 11 is 0. The summed E-state index contributed by atoms with van der Waals surface area (Å²) in [5, 5.41) is 13.1. The van der Waals surface area contributed by atoms with E-state index >= 15 is 0 Å². The minimum Gasteiger partial charge on any atom is -0.395 e. The standard InChI is InChI=1S/C11H20N4O/c1-4-5-14(6-7-16)8-11-12-9-13-15(11)10(2)3/h4,9-10,16H,1,5-8H2,2-3H3. The highest BCUT2D eigenvalue weighted by molar-refractivity contribution is 4.88. The first-order chi connectivity index (χ1) is 7.69. The normalized spacial score (nSPS) is 11.3. The molecule has 16 heavy (non-hydrogen) atoms. The van der Waals surface area contributed by atoms with Crippen molar-refractivity contribution in [2.24, 2.45) is 0 Å². The first kappa shape index (κ1) is 12.9. The Hall–Kier alpha value is -1.20. The second-order valence-electron chi connectivity index (χ2n) is 3.96. The van der Waals surface area contributed by atoms with Gasteiger partial charge >= 0.3 is 0 Å². The van der Waals surface area contributed by atoms with E-state index in [1.807, 2.05) is 10.8 Å². The first-order valence-electron chi connectivity index (χ1n) is 5.51. The molecule has 1 N–H and O–H groups in total. The molecular weight excluding hydrogens is 204 g/mol. The topological polar surface area (TPSA) is 54.2 Å². The molecular formula is C11H20N4O. The fourth-order valence-corrected chi connectivity index (χ4v) is 1.58. The zero-order valence-corrected chi connectivity index (χ0v) is 10.0. The average Bonchev–Trinajstić information content (AvgIpc) is 2.66. The molecule has 1 aromatic heterocycles. The van der Waals surface area contributed by atoms with E-state index in [1.54, 1.807) is 6.33 Å². The molecule has 0 aliphatic rings. The summed E-state index contributed by atoms with van der Waals surface area (Å²) in [7, 11) is 0. The van der Waals surface area contributed by atoms with E-state index in [2.05, 4.69) is 35.4 Å². The van der Waals surface area contributed by atoms with Crippen LogP contribution in [-0.4, -0.2) is 44.5 Å². The lowest BCUT2D eigenvalue weighted by molar-refractivity contribution is 0.197. The van der Waals surface area contributed by atoms with Crippen LogP contribution in [0.2, 0.25) is 0 Å². The molecule has 1 rings (SSSR count).